The Hall–Kier alpha value is -3.94. The number of para-hydroxylation sites is 1. The first kappa shape index (κ1) is 19.8. The molecule has 29 heavy (non-hydrogen) atoms. The smallest absolute Gasteiger partial charge is 0.433 e. The lowest BCUT2D eigenvalue weighted by molar-refractivity contribution is -0.248. The second kappa shape index (κ2) is 9.32. The number of urea groups is 1. The van der Waals surface area contributed by atoms with Crippen LogP contribution in [0, 0.1) is 6.92 Å². The van der Waals surface area contributed by atoms with Gasteiger partial charge in [-0.15, -0.1) is 0 Å². The Labute approximate surface area is 168 Å². The molecule has 3 aromatic rings. The average Bonchev–Trinajstić information content (AvgIpc) is 2.74. The van der Waals surface area contributed by atoms with Crippen molar-refractivity contribution in [3.8, 4) is 17.4 Å². The highest BCUT2D eigenvalue weighted by Crippen LogP contribution is 2.24. The lowest BCUT2D eigenvalue weighted by atomic mass is 10.1. The molecule has 1 heterocycles. The molecule has 2 amide bonds. The zero-order valence-corrected chi connectivity index (χ0v) is 16.2. The first-order valence-electron chi connectivity index (χ1n) is 8.92. The van der Waals surface area contributed by atoms with Crippen LogP contribution in [0.15, 0.2) is 72.1 Å². The molecule has 0 atom stereocenters. The summed E-state index contributed by atoms with van der Waals surface area (Å²) in [6.45, 7) is 2.17. The summed E-state index contributed by atoms with van der Waals surface area (Å²) < 4.78 is 11.5. The lowest BCUT2D eigenvalue weighted by Crippen LogP contribution is -2.37. The van der Waals surface area contributed by atoms with Gasteiger partial charge >= 0.3 is 6.03 Å². The number of anilines is 1. The van der Waals surface area contributed by atoms with Crippen molar-refractivity contribution >= 4 is 11.7 Å². The number of carbonyl (C=O) groups is 1. The van der Waals surface area contributed by atoms with Crippen LogP contribution in [0.3, 0.4) is 0 Å². The molecule has 3 rings (SSSR count). The van der Waals surface area contributed by atoms with E-state index >= 15 is 0 Å². The molecular formula is C21H22N5O3+. The van der Waals surface area contributed by atoms with Gasteiger partial charge in [0.1, 0.15) is 25.2 Å². The standard InChI is InChI=1S/C21H21N5O3/c1-15-7-6-10-19(24-21(27)26(2)25-22)18(15)14-28-20-12-11-17(13-23-20)29-16-8-4-3-5-9-16/h3-13,22H,14H2,1-2H3,(H,24,27)/p+1. The van der Waals surface area contributed by atoms with Crippen molar-refractivity contribution in [2.24, 2.45) is 5.22 Å². The molecule has 8 heteroatoms. The Balaban J connectivity index is 1.66. The van der Waals surface area contributed by atoms with Gasteiger partial charge in [0.15, 0.2) is 0 Å². The Bertz CT molecular complexity index is 977. The topological polar surface area (TPSA) is 102 Å². The Kier molecular flexibility index (Phi) is 6.36. The normalized spacial score (nSPS) is 10.1. The van der Waals surface area contributed by atoms with E-state index in [0.717, 1.165) is 21.9 Å². The third-order valence-electron chi connectivity index (χ3n) is 4.17. The van der Waals surface area contributed by atoms with Crippen molar-refractivity contribution in [3.05, 3.63) is 78.0 Å². The number of ether oxygens (including phenoxy) is 2. The van der Waals surface area contributed by atoms with Crippen molar-refractivity contribution in [1.29, 1.82) is 0 Å². The van der Waals surface area contributed by atoms with E-state index in [9.17, 15) is 4.79 Å². The largest absolute Gasteiger partial charge is 0.473 e. The second-order valence-corrected chi connectivity index (χ2v) is 6.21. The van der Waals surface area contributed by atoms with Crippen molar-refractivity contribution in [2.45, 2.75) is 13.5 Å². The fraction of sp³-hybridized carbons (Fsp3) is 0.143. The maximum atomic E-state index is 12.0. The molecule has 0 aliphatic rings. The molecule has 0 saturated carbocycles. The molecule has 2 aromatic carbocycles. The van der Waals surface area contributed by atoms with Gasteiger partial charge in [-0.05, 0) is 36.8 Å². The predicted octanol–water partition coefficient (Wildman–Crippen LogP) is 3.35. The quantitative estimate of drug-likeness (QED) is 0.475. The number of rotatable bonds is 7. The zero-order chi connectivity index (χ0) is 20.6. The van der Waals surface area contributed by atoms with E-state index in [0.29, 0.717) is 17.3 Å². The number of benzene rings is 2. The molecular weight excluding hydrogens is 370 g/mol. The first-order valence-corrected chi connectivity index (χ1v) is 8.92. The van der Waals surface area contributed by atoms with Crippen LogP contribution < -0.4 is 20.3 Å². The number of aryl methyl sites for hydroxylation is 1. The molecule has 0 spiro atoms. The number of hydrogen-bond donors (Lipinski definition) is 2. The average molecular weight is 392 g/mol. The van der Waals surface area contributed by atoms with Crippen LogP contribution in [0.25, 0.3) is 0 Å². The highest BCUT2D eigenvalue weighted by molar-refractivity contribution is 5.89. The van der Waals surface area contributed by atoms with Gasteiger partial charge in [-0.2, -0.15) is 5.53 Å². The molecule has 0 unspecified atom stereocenters. The molecule has 0 fully saturated rings. The van der Waals surface area contributed by atoms with Gasteiger partial charge in [-0.25, -0.2) is 9.78 Å². The molecule has 0 aliphatic heterocycles. The summed E-state index contributed by atoms with van der Waals surface area (Å²) in [6.07, 6.45) is 1.60. The van der Waals surface area contributed by atoms with Gasteiger partial charge in [0.2, 0.25) is 5.88 Å². The van der Waals surface area contributed by atoms with Gasteiger partial charge in [0, 0.05) is 11.6 Å². The summed E-state index contributed by atoms with van der Waals surface area (Å²) in [5, 5.41) is 7.12. The minimum atomic E-state index is -0.445. The molecule has 0 radical (unpaired) electrons. The van der Waals surface area contributed by atoms with Crippen LogP contribution in [0.5, 0.6) is 17.4 Å². The number of aromatic nitrogens is 1. The van der Waals surface area contributed by atoms with E-state index in [2.05, 4.69) is 15.5 Å². The minimum absolute atomic E-state index is 0.234. The third kappa shape index (κ3) is 5.29. The van der Waals surface area contributed by atoms with E-state index in [1.807, 2.05) is 49.4 Å². The summed E-state index contributed by atoms with van der Waals surface area (Å²) in [5.41, 5.74) is 7.56. The monoisotopic (exact) mass is 392 g/mol. The molecule has 148 valence electrons. The van der Waals surface area contributed by atoms with Gasteiger partial charge in [-0.3, -0.25) is 5.32 Å². The zero-order valence-electron chi connectivity index (χ0n) is 16.2. The summed E-state index contributed by atoms with van der Waals surface area (Å²) in [5.74, 6) is 1.79. The van der Waals surface area contributed by atoms with Crippen molar-refractivity contribution in [2.75, 3.05) is 12.4 Å². The fourth-order valence-corrected chi connectivity index (χ4v) is 2.54. The van der Waals surface area contributed by atoms with Crippen molar-refractivity contribution in [1.82, 2.24) is 9.99 Å². The summed E-state index contributed by atoms with van der Waals surface area (Å²) in [6, 6.07) is 18.1. The Morgan fingerprint density at radius 1 is 1.10 bits per heavy atom. The van der Waals surface area contributed by atoms with Crippen LogP contribution in [-0.4, -0.2) is 23.1 Å². The Morgan fingerprint density at radius 3 is 2.59 bits per heavy atom. The van der Waals surface area contributed by atoms with E-state index < -0.39 is 6.03 Å². The van der Waals surface area contributed by atoms with Crippen LogP contribution >= 0.6 is 0 Å². The van der Waals surface area contributed by atoms with Crippen LogP contribution in [0.1, 0.15) is 11.1 Å². The highest BCUT2D eigenvalue weighted by Gasteiger charge is 2.17. The summed E-state index contributed by atoms with van der Waals surface area (Å²) in [4.78, 5) is 16.3. The molecule has 8 nitrogen and oxygen atoms in total. The molecule has 0 saturated heterocycles. The van der Waals surface area contributed by atoms with E-state index in [1.165, 1.54) is 7.05 Å². The number of hydrogen-bond acceptors (Lipinski definition) is 5. The van der Waals surface area contributed by atoms with Crippen LogP contribution in [0.2, 0.25) is 0 Å². The Morgan fingerprint density at radius 2 is 1.90 bits per heavy atom. The van der Waals surface area contributed by atoms with E-state index in [-0.39, 0.29) is 6.61 Å². The van der Waals surface area contributed by atoms with E-state index in [4.69, 9.17) is 15.0 Å². The van der Waals surface area contributed by atoms with Gasteiger partial charge in [0.25, 0.3) is 0 Å². The number of carbonyl (C=O) groups excluding carboxylic acids is 1. The van der Waals surface area contributed by atoms with Crippen molar-refractivity contribution in [3.63, 3.8) is 0 Å². The van der Waals surface area contributed by atoms with Crippen molar-refractivity contribution < 1.29 is 19.8 Å². The van der Waals surface area contributed by atoms with Crippen LogP contribution in [-0.2, 0) is 6.61 Å². The third-order valence-corrected chi connectivity index (χ3v) is 4.17. The minimum Gasteiger partial charge on any atom is -0.473 e. The lowest BCUT2D eigenvalue weighted by Gasteiger charge is -2.14. The molecule has 3 N–H and O–H groups in total. The number of nitrogens with zero attached hydrogens (tertiary/aromatic N) is 3. The van der Waals surface area contributed by atoms with E-state index in [1.54, 1.807) is 24.4 Å². The van der Waals surface area contributed by atoms with Gasteiger partial charge < -0.3 is 9.47 Å². The maximum Gasteiger partial charge on any atom is 0.433 e. The second-order valence-electron chi connectivity index (χ2n) is 6.21. The molecule has 0 aliphatic carbocycles. The number of amides is 2. The fourth-order valence-electron chi connectivity index (χ4n) is 2.54. The molecule has 0 bridgehead atoms. The first-order chi connectivity index (χ1) is 14.1. The van der Waals surface area contributed by atoms with Crippen LogP contribution in [0.4, 0.5) is 10.5 Å². The predicted molar refractivity (Wildman–Crippen MR) is 107 cm³/mol. The van der Waals surface area contributed by atoms with Gasteiger partial charge in [-0.1, -0.05) is 35.3 Å². The number of nitrogens with two attached hydrogens (primary N) is 1. The maximum absolute atomic E-state index is 12.0. The van der Waals surface area contributed by atoms with Gasteiger partial charge in [0.05, 0.1) is 17.1 Å². The summed E-state index contributed by atoms with van der Waals surface area (Å²) in [7, 11) is 1.46. The summed E-state index contributed by atoms with van der Waals surface area (Å²) >= 11 is 0. The molecule has 1 aromatic heterocycles. The number of nitrogens with one attached hydrogen (secondary N) is 1. The highest BCUT2D eigenvalue weighted by atomic mass is 16.5. The number of pyridine rings is 1. The SMILES string of the molecule is Cc1cccc(NC(=O)N(C)N=[NH2+])c1COc1ccc(Oc2ccccc2)cn1.